The topological polar surface area (TPSA) is 20.2 Å². The van der Waals surface area contributed by atoms with Crippen molar-refractivity contribution in [1.82, 2.24) is 0 Å². The molecule has 96 valence electrons. The van der Waals surface area contributed by atoms with Gasteiger partial charge < -0.3 is 5.11 Å². The number of alkyl halides is 6. The summed E-state index contributed by atoms with van der Waals surface area (Å²) < 4.78 is 76.1. The highest BCUT2D eigenvalue weighted by atomic mass is 19.4. The van der Waals surface area contributed by atoms with E-state index in [4.69, 9.17) is 5.11 Å². The summed E-state index contributed by atoms with van der Waals surface area (Å²) in [5, 5.41) is 8.84. The molecule has 0 aliphatic heterocycles. The molecule has 0 rings (SSSR count). The van der Waals surface area contributed by atoms with E-state index >= 15 is 0 Å². The maximum atomic E-state index is 12.7. The summed E-state index contributed by atoms with van der Waals surface area (Å²) in [6.45, 7) is 4.68. The SMILES string of the molecule is C=C(O)C(C(C)(C)C)(C(F)(F)F)C(F)(F)F. The highest BCUT2D eigenvalue weighted by Gasteiger charge is 2.77. The summed E-state index contributed by atoms with van der Waals surface area (Å²) in [6, 6.07) is 0. The first-order chi connectivity index (χ1) is 6.69. The molecule has 0 saturated heterocycles. The molecule has 1 nitrogen and oxygen atoms in total. The van der Waals surface area contributed by atoms with E-state index in [0.717, 1.165) is 20.8 Å². The van der Waals surface area contributed by atoms with Gasteiger partial charge >= 0.3 is 12.4 Å². The van der Waals surface area contributed by atoms with Gasteiger partial charge in [0.1, 0.15) is 5.76 Å². The molecule has 0 unspecified atom stereocenters. The second kappa shape index (κ2) is 3.56. The van der Waals surface area contributed by atoms with Gasteiger partial charge in [-0.1, -0.05) is 27.4 Å². The largest absolute Gasteiger partial charge is 0.512 e. The maximum Gasteiger partial charge on any atom is 0.410 e. The lowest BCUT2D eigenvalue weighted by Gasteiger charge is -2.45. The molecular weight excluding hydrogens is 238 g/mol. The summed E-state index contributed by atoms with van der Waals surface area (Å²) in [7, 11) is 0. The van der Waals surface area contributed by atoms with Crippen LogP contribution in [0.2, 0.25) is 0 Å². The number of halogens is 6. The molecule has 0 fully saturated rings. The van der Waals surface area contributed by atoms with Crippen molar-refractivity contribution in [3.8, 4) is 0 Å². The number of allylic oxidation sites excluding steroid dienone is 1. The average Bonchev–Trinajstić information content (AvgIpc) is 1.71. The Bertz CT molecular complexity index is 244. The van der Waals surface area contributed by atoms with E-state index in [1.54, 1.807) is 0 Å². The molecule has 0 aliphatic carbocycles. The summed E-state index contributed by atoms with van der Waals surface area (Å²) in [6.07, 6.45) is -11.3. The average molecular weight is 250 g/mol. The van der Waals surface area contributed by atoms with Crippen molar-refractivity contribution < 1.29 is 31.4 Å². The zero-order valence-corrected chi connectivity index (χ0v) is 8.92. The minimum absolute atomic E-state index is 0.745. The van der Waals surface area contributed by atoms with Gasteiger partial charge in [-0.2, -0.15) is 26.3 Å². The predicted molar refractivity (Wildman–Crippen MR) is 45.8 cm³/mol. The van der Waals surface area contributed by atoms with E-state index in [0.29, 0.717) is 0 Å². The van der Waals surface area contributed by atoms with Crippen molar-refractivity contribution in [3.63, 3.8) is 0 Å². The van der Waals surface area contributed by atoms with Gasteiger partial charge in [0.2, 0.25) is 5.41 Å². The molecule has 0 saturated carbocycles. The van der Waals surface area contributed by atoms with Gasteiger partial charge in [-0.25, -0.2) is 0 Å². The highest BCUT2D eigenvalue weighted by Crippen LogP contribution is 2.62. The van der Waals surface area contributed by atoms with E-state index in [2.05, 4.69) is 6.58 Å². The first-order valence-electron chi connectivity index (χ1n) is 4.21. The summed E-state index contributed by atoms with van der Waals surface area (Å²) in [5.41, 5.74) is -6.62. The Morgan fingerprint density at radius 1 is 0.875 bits per heavy atom. The highest BCUT2D eigenvalue weighted by molar-refractivity contribution is 5.16. The second-order valence-corrected chi connectivity index (χ2v) is 4.44. The molecule has 0 amide bonds. The standard InChI is InChI=1S/C9H12F6O/c1-5(16)7(6(2,3)4,8(10,11)12)9(13,14)15/h16H,1H2,2-4H3. The van der Waals surface area contributed by atoms with Crippen LogP contribution in [0.15, 0.2) is 12.3 Å². The van der Waals surface area contributed by atoms with E-state index in [1.165, 1.54) is 0 Å². The molecular formula is C9H12F6O. The lowest BCUT2D eigenvalue weighted by molar-refractivity contribution is -0.363. The minimum atomic E-state index is -5.67. The van der Waals surface area contributed by atoms with Crippen LogP contribution in [0.3, 0.4) is 0 Å². The fourth-order valence-corrected chi connectivity index (χ4v) is 1.77. The Kier molecular flexibility index (Phi) is 3.37. The zero-order valence-electron chi connectivity index (χ0n) is 8.92. The summed E-state index contributed by atoms with van der Waals surface area (Å²) >= 11 is 0. The van der Waals surface area contributed by atoms with Gasteiger partial charge in [0, 0.05) is 0 Å². The van der Waals surface area contributed by atoms with E-state index < -0.39 is 28.9 Å². The van der Waals surface area contributed by atoms with Crippen molar-refractivity contribution in [1.29, 1.82) is 0 Å². The normalized spacial score (nSPS) is 15.1. The van der Waals surface area contributed by atoms with Crippen molar-refractivity contribution in [2.24, 2.45) is 10.8 Å². The van der Waals surface area contributed by atoms with Crippen LogP contribution < -0.4 is 0 Å². The van der Waals surface area contributed by atoms with Crippen molar-refractivity contribution >= 4 is 0 Å². The molecule has 0 atom stereocenters. The molecule has 0 heterocycles. The van der Waals surface area contributed by atoms with Gasteiger partial charge in [0.25, 0.3) is 0 Å². The molecule has 0 aliphatic rings. The third kappa shape index (κ3) is 1.87. The van der Waals surface area contributed by atoms with Crippen LogP contribution in [0, 0.1) is 10.8 Å². The number of rotatable bonds is 1. The zero-order chi connectivity index (χ0) is 13.6. The molecule has 0 radical (unpaired) electrons. The first-order valence-corrected chi connectivity index (χ1v) is 4.21. The molecule has 1 N–H and O–H groups in total. The quantitative estimate of drug-likeness (QED) is 0.545. The Morgan fingerprint density at radius 3 is 1.12 bits per heavy atom. The third-order valence-electron chi connectivity index (χ3n) is 2.41. The van der Waals surface area contributed by atoms with E-state index in [9.17, 15) is 26.3 Å². The van der Waals surface area contributed by atoms with Gasteiger partial charge in [0.15, 0.2) is 0 Å². The van der Waals surface area contributed by atoms with Crippen LogP contribution in [0.4, 0.5) is 26.3 Å². The fraction of sp³-hybridized carbons (Fsp3) is 0.778. The maximum absolute atomic E-state index is 12.7. The van der Waals surface area contributed by atoms with Gasteiger partial charge in [-0.05, 0) is 5.41 Å². The van der Waals surface area contributed by atoms with Crippen LogP contribution in [-0.4, -0.2) is 17.5 Å². The molecule has 0 spiro atoms. The number of hydrogen-bond donors (Lipinski definition) is 1. The smallest absolute Gasteiger partial charge is 0.410 e. The fourth-order valence-electron chi connectivity index (χ4n) is 1.77. The predicted octanol–water partition coefficient (Wildman–Crippen LogP) is 4.22. The number of hydrogen-bond acceptors (Lipinski definition) is 1. The van der Waals surface area contributed by atoms with Gasteiger partial charge in [-0.3, -0.25) is 0 Å². The van der Waals surface area contributed by atoms with Crippen molar-refractivity contribution in [2.45, 2.75) is 33.1 Å². The molecule has 0 bridgehead atoms. The Balaban J connectivity index is 6.17. The number of aliphatic hydroxyl groups excluding tert-OH is 1. The Hall–Kier alpha value is -0.880. The third-order valence-corrected chi connectivity index (χ3v) is 2.41. The monoisotopic (exact) mass is 250 g/mol. The Morgan fingerprint density at radius 2 is 1.12 bits per heavy atom. The minimum Gasteiger partial charge on any atom is -0.512 e. The summed E-state index contributed by atoms with van der Waals surface area (Å²) in [5.74, 6) is -1.94. The lowest BCUT2D eigenvalue weighted by atomic mass is 9.64. The van der Waals surface area contributed by atoms with E-state index in [-0.39, 0.29) is 0 Å². The van der Waals surface area contributed by atoms with Crippen LogP contribution in [-0.2, 0) is 0 Å². The van der Waals surface area contributed by atoms with Crippen LogP contribution in [0.25, 0.3) is 0 Å². The molecule has 16 heavy (non-hydrogen) atoms. The van der Waals surface area contributed by atoms with Gasteiger partial charge in [0.05, 0.1) is 0 Å². The van der Waals surface area contributed by atoms with Crippen LogP contribution >= 0.6 is 0 Å². The molecule has 0 aromatic heterocycles. The summed E-state index contributed by atoms with van der Waals surface area (Å²) in [4.78, 5) is 0. The van der Waals surface area contributed by atoms with Crippen LogP contribution in [0.5, 0.6) is 0 Å². The molecule has 0 aromatic rings. The van der Waals surface area contributed by atoms with Crippen LogP contribution in [0.1, 0.15) is 20.8 Å². The van der Waals surface area contributed by atoms with Crippen molar-refractivity contribution in [2.75, 3.05) is 0 Å². The van der Waals surface area contributed by atoms with E-state index in [1.807, 2.05) is 0 Å². The molecule has 0 aromatic carbocycles. The molecule has 7 heteroatoms. The first kappa shape index (κ1) is 15.1. The Labute approximate surface area is 88.8 Å². The number of aliphatic hydroxyl groups is 1. The lowest BCUT2D eigenvalue weighted by Crippen LogP contribution is -2.59. The second-order valence-electron chi connectivity index (χ2n) is 4.44. The van der Waals surface area contributed by atoms with Gasteiger partial charge in [-0.15, -0.1) is 0 Å². The van der Waals surface area contributed by atoms with Crippen molar-refractivity contribution in [3.05, 3.63) is 12.3 Å².